The van der Waals surface area contributed by atoms with Crippen LogP contribution in [0.1, 0.15) is 29.5 Å². The highest BCUT2D eigenvalue weighted by atomic mass is 79.9. The summed E-state index contributed by atoms with van der Waals surface area (Å²) in [7, 11) is 0. The highest BCUT2D eigenvalue weighted by Crippen LogP contribution is 2.37. The van der Waals surface area contributed by atoms with E-state index in [4.69, 9.17) is 5.73 Å². The molecule has 0 fully saturated rings. The maximum Gasteiger partial charge on any atom is 0.143 e. The molecule has 1 unspecified atom stereocenters. The lowest BCUT2D eigenvalue weighted by Gasteiger charge is -2.36. The lowest BCUT2D eigenvalue weighted by atomic mass is 9.74. The molecule has 0 heterocycles. The zero-order valence-corrected chi connectivity index (χ0v) is 13.1. The van der Waals surface area contributed by atoms with Gasteiger partial charge in [0.25, 0.3) is 0 Å². The molecule has 0 aromatic heterocycles. The molecular formula is C17H16BrF2N. The Morgan fingerprint density at radius 2 is 1.90 bits per heavy atom. The number of halogens is 3. The van der Waals surface area contributed by atoms with E-state index in [2.05, 4.69) is 15.9 Å². The predicted molar refractivity (Wildman–Crippen MR) is 83.0 cm³/mol. The molecule has 0 aliphatic heterocycles. The molecule has 0 radical (unpaired) electrons. The van der Waals surface area contributed by atoms with Crippen molar-refractivity contribution in [2.24, 2.45) is 5.73 Å². The lowest BCUT2D eigenvalue weighted by Crippen LogP contribution is -2.42. The zero-order valence-electron chi connectivity index (χ0n) is 11.5. The van der Waals surface area contributed by atoms with E-state index in [1.54, 1.807) is 0 Å². The van der Waals surface area contributed by atoms with Crippen molar-refractivity contribution in [3.8, 4) is 0 Å². The highest BCUT2D eigenvalue weighted by Gasteiger charge is 2.34. The number of nitrogens with two attached hydrogens (primary N) is 1. The molecule has 2 N–H and O–H groups in total. The fourth-order valence-electron chi connectivity index (χ4n) is 3.18. The quantitative estimate of drug-likeness (QED) is 0.794. The summed E-state index contributed by atoms with van der Waals surface area (Å²) in [5.74, 6) is -1.09. The average Bonchev–Trinajstić information content (AvgIpc) is 2.48. The SMILES string of the molecule is NC1(Cc2c(F)ccc(Br)c2F)CCCc2ccccc21. The Labute approximate surface area is 131 Å². The van der Waals surface area contributed by atoms with Crippen LogP contribution in [0.15, 0.2) is 40.9 Å². The molecule has 1 nitrogen and oxygen atoms in total. The van der Waals surface area contributed by atoms with Crippen molar-refractivity contribution in [1.29, 1.82) is 0 Å². The van der Waals surface area contributed by atoms with Crippen LogP contribution in [0.5, 0.6) is 0 Å². The largest absolute Gasteiger partial charge is 0.321 e. The van der Waals surface area contributed by atoms with Crippen LogP contribution in [-0.2, 0) is 18.4 Å². The van der Waals surface area contributed by atoms with Crippen LogP contribution in [0.2, 0.25) is 0 Å². The second-order valence-electron chi connectivity index (χ2n) is 5.67. The number of fused-ring (bicyclic) bond motifs is 1. The van der Waals surface area contributed by atoms with Gasteiger partial charge in [-0.3, -0.25) is 0 Å². The minimum Gasteiger partial charge on any atom is -0.321 e. The minimum absolute atomic E-state index is 0.0589. The van der Waals surface area contributed by atoms with Crippen molar-refractivity contribution >= 4 is 15.9 Å². The third kappa shape index (κ3) is 2.62. The van der Waals surface area contributed by atoms with Gasteiger partial charge in [-0.15, -0.1) is 0 Å². The van der Waals surface area contributed by atoms with Crippen molar-refractivity contribution in [2.45, 2.75) is 31.2 Å². The summed E-state index contributed by atoms with van der Waals surface area (Å²) in [5.41, 5.74) is 8.08. The third-order valence-electron chi connectivity index (χ3n) is 4.25. The van der Waals surface area contributed by atoms with E-state index in [1.807, 2.05) is 24.3 Å². The molecule has 3 rings (SSSR count). The molecule has 110 valence electrons. The molecule has 0 amide bonds. The van der Waals surface area contributed by atoms with Gasteiger partial charge in [0.05, 0.1) is 4.47 Å². The molecule has 4 heteroatoms. The summed E-state index contributed by atoms with van der Waals surface area (Å²) >= 11 is 3.11. The van der Waals surface area contributed by atoms with Gasteiger partial charge in [0, 0.05) is 17.5 Å². The number of hydrogen-bond donors (Lipinski definition) is 1. The van der Waals surface area contributed by atoms with E-state index >= 15 is 0 Å². The second kappa shape index (κ2) is 5.50. The van der Waals surface area contributed by atoms with Gasteiger partial charge in [-0.2, -0.15) is 0 Å². The van der Waals surface area contributed by atoms with E-state index in [0.29, 0.717) is 0 Å². The van der Waals surface area contributed by atoms with Crippen LogP contribution < -0.4 is 5.73 Å². The number of aryl methyl sites for hydroxylation is 1. The van der Waals surface area contributed by atoms with Gasteiger partial charge in [-0.1, -0.05) is 24.3 Å². The van der Waals surface area contributed by atoms with Crippen LogP contribution >= 0.6 is 15.9 Å². The molecule has 0 saturated carbocycles. The Kier molecular flexibility index (Phi) is 3.84. The van der Waals surface area contributed by atoms with Gasteiger partial charge < -0.3 is 5.73 Å². The van der Waals surface area contributed by atoms with E-state index in [9.17, 15) is 8.78 Å². The summed E-state index contributed by atoms with van der Waals surface area (Å²) in [6.07, 6.45) is 2.81. The van der Waals surface area contributed by atoms with Gasteiger partial charge in [-0.25, -0.2) is 8.78 Å². The third-order valence-corrected chi connectivity index (χ3v) is 4.87. The highest BCUT2D eigenvalue weighted by molar-refractivity contribution is 9.10. The first-order valence-electron chi connectivity index (χ1n) is 7.01. The first-order valence-corrected chi connectivity index (χ1v) is 7.80. The monoisotopic (exact) mass is 351 g/mol. The summed E-state index contributed by atoms with van der Waals surface area (Å²) < 4.78 is 28.5. The first kappa shape index (κ1) is 14.7. The maximum atomic E-state index is 14.2. The fraction of sp³-hybridized carbons (Fsp3) is 0.294. The summed E-state index contributed by atoms with van der Waals surface area (Å²) in [6.45, 7) is 0. The normalized spacial score (nSPS) is 21.1. The van der Waals surface area contributed by atoms with Crippen LogP contribution in [0.3, 0.4) is 0 Å². The van der Waals surface area contributed by atoms with Crippen molar-refractivity contribution in [3.63, 3.8) is 0 Å². The molecule has 0 saturated heterocycles. The molecule has 1 aliphatic carbocycles. The van der Waals surface area contributed by atoms with Crippen molar-refractivity contribution < 1.29 is 8.78 Å². The van der Waals surface area contributed by atoms with Gasteiger partial charge in [0.15, 0.2) is 0 Å². The van der Waals surface area contributed by atoms with Gasteiger partial charge >= 0.3 is 0 Å². The summed E-state index contributed by atoms with van der Waals surface area (Å²) in [5, 5.41) is 0. The van der Waals surface area contributed by atoms with Crippen LogP contribution in [0, 0.1) is 11.6 Å². The van der Waals surface area contributed by atoms with Crippen LogP contribution in [0.25, 0.3) is 0 Å². The molecule has 0 bridgehead atoms. The number of benzene rings is 2. The first-order chi connectivity index (χ1) is 10.0. The summed E-state index contributed by atoms with van der Waals surface area (Å²) in [6, 6.07) is 10.6. The predicted octanol–water partition coefficient (Wildman–Crippen LogP) is 4.46. The molecular weight excluding hydrogens is 336 g/mol. The van der Waals surface area contributed by atoms with Crippen LogP contribution in [-0.4, -0.2) is 0 Å². The molecule has 0 spiro atoms. The van der Waals surface area contributed by atoms with Gasteiger partial charge in [0.1, 0.15) is 11.6 Å². The Balaban J connectivity index is 2.05. The van der Waals surface area contributed by atoms with E-state index in [1.165, 1.54) is 17.7 Å². The molecule has 2 aromatic carbocycles. The minimum atomic E-state index is -0.711. The van der Waals surface area contributed by atoms with Crippen molar-refractivity contribution in [2.75, 3.05) is 0 Å². The molecule has 21 heavy (non-hydrogen) atoms. The van der Waals surface area contributed by atoms with Crippen molar-refractivity contribution in [3.05, 3.63) is 69.2 Å². The van der Waals surface area contributed by atoms with E-state index in [0.717, 1.165) is 24.8 Å². The topological polar surface area (TPSA) is 26.0 Å². The van der Waals surface area contributed by atoms with E-state index in [-0.39, 0.29) is 16.5 Å². The summed E-state index contributed by atoms with van der Waals surface area (Å²) in [4.78, 5) is 0. The average molecular weight is 352 g/mol. The van der Waals surface area contributed by atoms with Gasteiger partial charge in [-0.05, 0) is 58.5 Å². The Bertz CT molecular complexity index is 686. The Morgan fingerprint density at radius 3 is 2.71 bits per heavy atom. The lowest BCUT2D eigenvalue weighted by molar-refractivity contribution is 0.357. The standard InChI is InChI=1S/C17H16BrF2N/c18-14-7-8-15(19)12(16(14)20)10-17(21)9-3-5-11-4-1-2-6-13(11)17/h1-2,4,6-8H,3,5,9-10,21H2. The zero-order chi connectivity index (χ0) is 15.0. The van der Waals surface area contributed by atoms with E-state index < -0.39 is 17.2 Å². The Hall–Kier alpha value is -1.26. The number of hydrogen-bond acceptors (Lipinski definition) is 1. The van der Waals surface area contributed by atoms with Crippen LogP contribution in [0.4, 0.5) is 8.78 Å². The molecule has 2 aromatic rings. The second-order valence-corrected chi connectivity index (χ2v) is 6.52. The molecule has 1 atom stereocenters. The smallest absolute Gasteiger partial charge is 0.143 e. The fourth-order valence-corrected chi connectivity index (χ4v) is 3.55. The van der Waals surface area contributed by atoms with Crippen molar-refractivity contribution in [1.82, 2.24) is 0 Å². The number of rotatable bonds is 2. The maximum absolute atomic E-state index is 14.2. The molecule has 1 aliphatic rings. The Morgan fingerprint density at radius 1 is 1.14 bits per heavy atom. The van der Waals surface area contributed by atoms with Gasteiger partial charge in [0.2, 0.25) is 0 Å².